The van der Waals surface area contributed by atoms with Crippen molar-refractivity contribution in [1.29, 1.82) is 0 Å². The lowest BCUT2D eigenvalue weighted by molar-refractivity contribution is 0.0687. The van der Waals surface area contributed by atoms with Gasteiger partial charge in [-0.1, -0.05) is 34.1 Å². The summed E-state index contributed by atoms with van der Waals surface area (Å²) in [5, 5.41) is 8.05. The molecule has 0 saturated carbocycles. The van der Waals surface area contributed by atoms with E-state index in [1.807, 2.05) is 4.68 Å². The van der Waals surface area contributed by atoms with Crippen LogP contribution in [0.1, 0.15) is 46.9 Å². The molecule has 1 fully saturated rings. The van der Waals surface area contributed by atoms with Gasteiger partial charge >= 0.3 is 0 Å². The van der Waals surface area contributed by atoms with E-state index in [1.165, 1.54) is 6.42 Å². The first-order valence-corrected chi connectivity index (χ1v) is 8.40. The lowest BCUT2D eigenvalue weighted by Crippen LogP contribution is -2.59. The Bertz CT molecular complexity index is 428. The molecule has 120 valence electrons. The van der Waals surface area contributed by atoms with Crippen molar-refractivity contribution in [3.63, 3.8) is 0 Å². The van der Waals surface area contributed by atoms with Crippen molar-refractivity contribution < 1.29 is 0 Å². The predicted octanol–water partition coefficient (Wildman–Crippen LogP) is 2.14. The number of piperazine rings is 1. The topological polar surface area (TPSA) is 46.0 Å². The smallest absolute Gasteiger partial charge is 0.141 e. The number of nitrogens with zero attached hydrogens (tertiary/aromatic N) is 4. The first-order valence-electron chi connectivity index (χ1n) is 8.40. The van der Waals surface area contributed by atoms with E-state index >= 15 is 0 Å². The van der Waals surface area contributed by atoms with Crippen molar-refractivity contribution >= 4 is 0 Å². The minimum Gasteiger partial charge on any atom is -0.311 e. The van der Waals surface area contributed by atoms with Gasteiger partial charge in [-0.3, -0.25) is 4.90 Å². The summed E-state index contributed by atoms with van der Waals surface area (Å²) < 4.78 is 2.01. The van der Waals surface area contributed by atoms with E-state index in [0.29, 0.717) is 23.9 Å². The maximum Gasteiger partial charge on any atom is 0.141 e. The molecular weight excluding hydrogens is 262 g/mol. The van der Waals surface area contributed by atoms with Crippen LogP contribution in [-0.2, 0) is 13.1 Å². The summed E-state index contributed by atoms with van der Waals surface area (Å²) >= 11 is 0. The fraction of sp³-hybridized carbons (Fsp3) is 0.875. The Labute approximate surface area is 129 Å². The van der Waals surface area contributed by atoms with E-state index in [9.17, 15) is 0 Å². The van der Waals surface area contributed by atoms with Crippen LogP contribution in [0.25, 0.3) is 0 Å². The summed E-state index contributed by atoms with van der Waals surface area (Å²) in [6, 6.07) is 1.16. The van der Waals surface area contributed by atoms with Gasteiger partial charge in [-0.2, -0.15) is 5.10 Å². The lowest BCUT2D eigenvalue weighted by atomic mass is 9.92. The Kier molecular flexibility index (Phi) is 5.76. The van der Waals surface area contributed by atoms with E-state index in [2.05, 4.69) is 54.9 Å². The van der Waals surface area contributed by atoms with Crippen LogP contribution in [0, 0.1) is 11.8 Å². The second-order valence-electron chi connectivity index (χ2n) is 6.63. The zero-order chi connectivity index (χ0) is 15.4. The fourth-order valence-electron chi connectivity index (χ4n) is 3.17. The Morgan fingerprint density at radius 2 is 2.10 bits per heavy atom. The maximum atomic E-state index is 4.46. The van der Waals surface area contributed by atoms with E-state index in [-0.39, 0.29) is 0 Å². The highest BCUT2D eigenvalue weighted by Gasteiger charge is 2.32. The molecular formula is C16H31N5. The molecule has 3 atom stereocenters. The number of aromatic nitrogens is 3. The molecule has 5 heteroatoms. The molecule has 5 nitrogen and oxygen atoms in total. The Morgan fingerprint density at radius 3 is 2.71 bits per heavy atom. The van der Waals surface area contributed by atoms with Gasteiger partial charge in [-0.15, -0.1) is 0 Å². The summed E-state index contributed by atoms with van der Waals surface area (Å²) in [5.74, 6) is 2.45. The molecule has 0 radical (unpaired) electrons. The number of hydrogen-bond donors (Lipinski definition) is 1. The van der Waals surface area contributed by atoms with Crippen LogP contribution in [0.2, 0.25) is 0 Å². The average molecular weight is 293 g/mol. The molecule has 1 aliphatic heterocycles. The molecule has 0 bridgehead atoms. The third-order valence-corrected chi connectivity index (χ3v) is 4.93. The van der Waals surface area contributed by atoms with Crippen LogP contribution < -0.4 is 5.32 Å². The highest BCUT2D eigenvalue weighted by molar-refractivity contribution is 4.94. The number of hydrogen-bond acceptors (Lipinski definition) is 4. The molecule has 2 heterocycles. The van der Waals surface area contributed by atoms with Gasteiger partial charge < -0.3 is 5.32 Å². The number of rotatable bonds is 6. The summed E-state index contributed by atoms with van der Waals surface area (Å²) in [6.45, 7) is 15.4. The molecule has 1 saturated heterocycles. The minimum absolute atomic E-state index is 0.573. The van der Waals surface area contributed by atoms with Crippen LogP contribution in [0.5, 0.6) is 0 Å². The van der Waals surface area contributed by atoms with E-state index in [4.69, 9.17) is 0 Å². The number of aryl methyl sites for hydroxylation is 1. The Balaban J connectivity index is 2.12. The molecule has 0 spiro atoms. The van der Waals surface area contributed by atoms with Gasteiger partial charge in [0.1, 0.15) is 12.2 Å². The van der Waals surface area contributed by atoms with Crippen molar-refractivity contribution in [2.45, 2.75) is 66.2 Å². The van der Waals surface area contributed by atoms with Gasteiger partial charge in [-0.05, 0) is 18.8 Å². The molecule has 3 unspecified atom stereocenters. The minimum atomic E-state index is 0.573. The molecule has 21 heavy (non-hydrogen) atoms. The van der Waals surface area contributed by atoms with Gasteiger partial charge in [0.05, 0.1) is 6.54 Å². The van der Waals surface area contributed by atoms with Crippen LogP contribution in [-0.4, -0.2) is 44.8 Å². The summed E-state index contributed by atoms with van der Waals surface area (Å²) in [7, 11) is 0. The molecule has 1 aromatic rings. The van der Waals surface area contributed by atoms with E-state index < -0.39 is 0 Å². The standard InChI is InChI=1S/C16H31N5/c1-6-13(5)15-8-17-14(12(3)4)9-20(15)10-16-18-11-19-21(16)7-2/h11-15,17H,6-10H2,1-5H3. The average Bonchev–Trinajstić information content (AvgIpc) is 2.93. The third kappa shape index (κ3) is 3.83. The Hall–Kier alpha value is -0.940. The van der Waals surface area contributed by atoms with Gasteiger partial charge in [0, 0.05) is 31.7 Å². The SMILES string of the molecule is CCC(C)C1CNC(C(C)C)CN1Cc1ncnn1CC. The zero-order valence-electron chi connectivity index (χ0n) is 14.2. The molecule has 0 amide bonds. The highest BCUT2D eigenvalue weighted by atomic mass is 15.4. The lowest BCUT2D eigenvalue weighted by Gasteiger charge is -2.44. The highest BCUT2D eigenvalue weighted by Crippen LogP contribution is 2.22. The maximum absolute atomic E-state index is 4.46. The molecule has 1 aromatic heterocycles. The predicted molar refractivity (Wildman–Crippen MR) is 86.0 cm³/mol. The van der Waals surface area contributed by atoms with Crippen molar-refractivity contribution in [1.82, 2.24) is 25.0 Å². The summed E-state index contributed by atoms with van der Waals surface area (Å²) in [5.41, 5.74) is 0. The largest absolute Gasteiger partial charge is 0.311 e. The van der Waals surface area contributed by atoms with Gasteiger partial charge in [0.15, 0.2) is 0 Å². The first-order chi connectivity index (χ1) is 10.1. The summed E-state index contributed by atoms with van der Waals surface area (Å²) in [6.07, 6.45) is 2.90. The van der Waals surface area contributed by atoms with Crippen molar-refractivity contribution in [3.05, 3.63) is 12.2 Å². The monoisotopic (exact) mass is 293 g/mol. The van der Waals surface area contributed by atoms with Crippen LogP contribution in [0.4, 0.5) is 0 Å². The van der Waals surface area contributed by atoms with Crippen molar-refractivity contribution in [2.24, 2.45) is 11.8 Å². The van der Waals surface area contributed by atoms with Gasteiger partial charge in [-0.25, -0.2) is 9.67 Å². The van der Waals surface area contributed by atoms with Gasteiger partial charge in [0.2, 0.25) is 0 Å². The zero-order valence-corrected chi connectivity index (χ0v) is 14.2. The fourth-order valence-corrected chi connectivity index (χ4v) is 3.17. The van der Waals surface area contributed by atoms with Crippen LogP contribution in [0.15, 0.2) is 6.33 Å². The first kappa shape index (κ1) is 16.4. The van der Waals surface area contributed by atoms with Crippen LogP contribution >= 0.6 is 0 Å². The van der Waals surface area contributed by atoms with Gasteiger partial charge in [0.25, 0.3) is 0 Å². The number of nitrogens with one attached hydrogen (secondary N) is 1. The normalized spacial score (nSPS) is 25.4. The van der Waals surface area contributed by atoms with Crippen molar-refractivity contribution in [3.8, 4) is 0 Å². The Morgan fingerprint density at radius 1 is 1.33 bits per heavy atom. The second kappa shape index (κ2) is 7.36. The molecule has 1 N–H and O–H groups in total. The van der Waals surface area contributed by atoms with Crippen LogP contribution in [0.3, 0.4) is 0 Å². The van der Waals surface area contributed by atoms with E-state index in [0.717, 1.165) is 32.0 Å². The molecule has 0 aliphatic carbocycles. The summed E-state index contributed by atoms with van der Waals surface area (Å²) in [4.78, 5) is 7.08. The molecule has 1 aliphatic rings. The molecule has 0 aromatic carbocycles. The van der Waals surface area contributed by atoms with E-state index in [1.54, 1.807) is 6.33 Å². The van der Waals surface area contributed by atoms with Crippen molar-refractivity contribution in [2.75, 3.05) is 13.1 Å². The quantitative estimate of drug-likeness (QED) is 0.873. The second-order valence-corrected chi connectivity index (χ2v) is 6.63. The molecule has 2 rings (SSSR count). The third-order valence-electron chi connectivity index (χ3n) is 4.93.